The Balaban J connectivity index is 3.32. The molecule has 4 nitrogen and oxygen atoms in total. The minimum atomic E-state index is -0.698. The summed E-state index contributed by atoms with van der Waals surface area (Å²) in [5.41, 5.74) is 0. The number of carbonyl (C=O) groups is 1. The lowest BCUT2D eigenvalue weighted by atomic mass is 10.00. The maximum absolute atomic E-state index is 10.4. The van der Waals surface area contributed by atoms with Crippen LogP contribution >= 0.6 is 0 Å². The Labute approximate surface area is 161 Å². The van der Waals surface area contributed by atoms with Gasteiger partial charge in [0.1, 0.15) is 0 Å². The van der Waals surface area contributed by atoms with Gasteiger partial charge in [0.05, 0.1) is 12.2 Å². The van der Waals surface area contributed by atoms with Crippen LogP contribution < -0.4 is 0 Å². The predicted octanol–water partition coefficient (Wildman–Crippen LogP) is 5.83. The van der Waals surface area contributed by atoms with Crippen molar-refractivity contribution in [1.82, 2.24) is 0 Å². The summed E-state index contributed by atoms with van der Waals surface area (Å²) in [5.74, 6) is -0.698. The largest absolute Gasteiger partial charge is 0.481 e. The SMILES string of the molecule is CCCCCCCCC(O)CCC(O)CCCCCCCCCC(=O)O. The van der Waals surface area contributed by atoms with E-state index in [1.807, 2.05) is 0 Å². The standard InChI is InChI=1S/C22H44O4/c1-2-3-4-5-9-12-15-20(23)18-19-21(24)16-13-10-7-6-8-11-14-17-22(25)26/h20-21,23-24H,2-19H2,1H3,(H,25,26). The lowest BCUT2D eigenvalue weighted by Crippen LogP contribution is -2.13. The predicted molar refractivity (Wildman–Crippen MR) is 108 cm³/mol. The molecule has 0 radical (unpaired) electrons. The van der Waals surface area contributed by atoms with Gasteiger partial charge in [0.25, 0.3) is 0 Å². The summed E-state index contributed by atoms with van der Waals surface area (Å²) in [7, 11) is 0. The molecule has 0 aliphatic heterocycles. The van der Waals surface area contributed by atoms with Gasteiger partial charge >= 0.3 is 5.97 Å². The second-order valence-corrected chi connectivity index (χ2v) is 7.85. The molecule has 0 spiro atoms. The van der Waals surface area contributed by atoms with Gasteiger partial charge in [0.2, 0.25) is 0 Å². The Kier molecular flexibility index (Phi) is 18.7. The summed E-state index contributed by atoms with van der Waals surface area (Å²) in [5, 5.41) is 28.6. The summed E-state index contributed by atoms with van der Waals surface area (Å²) in [4.78, 5) is 10.4. The molecule has 0 saturated carbocycles. The molecule has 0 amide bonds. The third-order valence-electron chi connectivity index (χ3n) is 5.15. The van der Waals surface area contributed by atoms with Gasteiger partial charge in [-0.2, -0.15) is 0 Å². The van der Waals surface area contributed by atoms with Crippen molar-refractivity contribution in [1.29, 1.82) is 0 Å². The molecular formula is C22H44O4. The van der Waals surface area contributed by atoms with E-state index in [1.165, 1.54) is 38.5 Å². The maximum Gasteiger partial charge on any atom is 0.303 e. The molecular weight excluding hydrogens is 328 g/mol. The zero-order chi connectivity index (χ0) is 19.5. The van der Waals surface area contributed by atoms with Gasteiger partial charge in [-0.3, -0.25) is 4.79 Å². The van der Waals surface area contributed by atoms with Crippen molar-refractivity contribution in [2.75, 3.05) is 0 Å². The van der Waals surface area contributed by atoms with Crippen molar-refractivity contribution in [2.45, 2.75) is 135 Å². The molecule has 2 unspecified atom stereocenters. The Morgan fingerprint density at radius 2 is 1.00 bits per heavy atom. The minimum Gasteiger partial charge on any atom is -0.481 e. The molecule has 0 aliphatic carbocycles. The van der Waals surface area contributed by atoms with E-state index in [1.54, 1.807) is 0 Å². The van der Waals surface area contributed by atoms with Crippen LogP contribution in [-0.2, 0) is 4.79 Å². The zero-order valence-corrected chi connectivity index (χ0v) is 17.1. The first-order chi connectivity index (χ1) is 12.6. The van der Waals surface area contributed by atoms with E-state index in [2.05, 4.69) is 6.92 Å². The summed E-state index contributed by atoms with van der Waals surface area (Å²) < 4.78 is 0. The number of rotatable bonds is 20. The fourth-order valence-electron chi connectivity index (χ4n) is 3.37. The van der Waals surface area contributed by atoms with Crippen LogP contribution in [0.15, 0.2) is 0 Å². The zero-order valence-electron chi connectivity index (χ0n) is 17.1. The molecule has 0 aromatic rings. The van der Waals surface area contributed by atoms with Crippen LogP contribution in [-0.4, -0.2) is 33.5 Å². The second kappa shape index (κ2) is 19.2. The lowest BCUT2D eigenvalue weighted by Gasteiger charge is -2.14. The topological polar surface area (TPSA) is 77.8 Å². The third kappa shape index (κ3) is 19.7. The van der Waals surface area contributed by atoms with Crippen molar-refractivity contribution in [3.63, 3.8) is 0 Å². The van der Waals surface area contributed by atoms with Gasteiger partial charge in [-0.25, -0.2) is 0 Å². The molecule has 0 bridgehead atoms. The summed E-state index contributed by atoms with van der Waals surface area (Å²) in [6, 6.07) is 0. The number of hydrogen-bond donors (Lipinski definition) is 3. The average molecular weight is 373 g/mol. The number of unbranched alkanes of at least 4 members (excludes halogenated alkanes) is 11. The van der Waals surface area contributed by atoms with E-state index in [4.69, 9.17) is 5.11 Å². The highest BCUT2D eigenvalue weighted by Crippen LogP contribution is 2.15. The van der Waals surface area contributed by atoms with Crippen molar-refractivity contribution < 1.29 is 20.1 Å². The molecule has 2 atom stereocenters. The van der Waals surface area contributed by atoms with E-state index in [9.17, 15) is 15.0 Å². The monoisotopic (exact) mass is 372 g/mol. The number of aliphatic carboxylic acids is 1. The van der Waals surface area contributed by atoms with Crippen molar-refractivity contribution in [3.8, 4) is 0 Å². The Morgan fingerprint density at radius 1 is 0.615 bits per heavy atom. The lowest BCUT2D eigenvalue weighted by molar-refractivity contribution is -0.137. The first-order valence-corrected chi connectivity index (χ1v) is 11.1. The molecule has 0 saturated heterocycles. The molecule has 0 aromatic carbocycles. The van der Waals surface area contributed by atoms with E-state index in [0.717, 1.165) is 64.2 Å². The van der Waals surface area contributed by atoms with E-state index >= 15 is 0 Å². The Morgan fingerprint density at radius 3 is 1.42 bits per heavy atom. The van der Waals surface area contributed by atoms with Crippen molar-refractivity contribution in [3.05, 3.63) is 0 Å². The fraction of sp³-hybridized carbons (Fsp3) is 0.955. The summed E-state index contributed by atoms with van der Waals surface area (Å²) in [6.07, 6.45) is 17.8. The van der Waals surface area contributed by atoms with Crippen LogP contribution in [0.1, 0.15) is 122 Å². The van der Waals surface area contributed by atoms with Crippen LogP contribution in [0.5, 0.6) is 0 Å². The number of carboxylic acid groups (broad SMARTS) is 1. The number of hydrogen-bond acceptors (Lipinski definition) is 3. The number of aliphatic hydroxyl groups excluding tert-OH is 2. The molecule has 4 heteroatoms. The summed E-state index contributed by atoms with van der Waals surface area (Å²) >= 11 is 0. The number of aliphatic hydroxyl groups is 2. The van der Waals surface area contributed by atoms with Crippen LogP contribution in [0.3, 0.4) is 0 Å². The van der Waals surface area contributed by atoms with Gasteiger partial charge in [0.15, 0.2) is 0 Å². The Hall–Kier alpha value is -0.610. The molecule has 0 heterocycles. The van der Waals surface area contributed by atoms with Gasteiger partial charge in [-0.05, 0) is 32.1 Å². The normalized spacial score (nSPS) is 13.7. The van der Waals surface area contributed by atoms with Gasteiger partial charge in [0, 0.05) is 6.42 Å². The van der Waals surface area contributed by atoms with Crippen LogP contribution in [0.4, 0.5) is 0 Å². The molecule has 0 fully saturated rings. The summed E-state index contributed by atoms with van der Waals surface area (Å²) in [6.45, 7) is 2.22. The first kappa shape index (κ1) is 25.4. The van der Waals surface area contributed by atoms with Crippen LogP contribution in [0.25, 0.3) is 0 Å². The van der Waals surface area contributed by atoms with Crippen LogP contribution in [0, 0.1) is 0 Å². The Bertz CT molecular complexity index is 307. The van der Waals surface area contributed by atoms with Gasteiger partial charge in [-0.15, -0.1) is 0 Å². The van der Waals surface area contributed by atoms with Gasteiger partial charge in [-0.1, -0.05) is 84.0 Å². The molecule has 26 heavy (non-hydrogen) atoms. The second-order valence-electron chi connectivity index (χ2n) is 7.85. The van der Waals surface area contributed by atoms with Crippen molar-refractivity contribution in [2.24, 2.45) is 0 Å². The molecule has 3 N–H and O–H groups in total. The quantitative estimate of drug-likeness (QED) is 0.235. The highest BCUT2D eigenvalue weighted by molar-refractivity contribution is 5.66. The average Bonchev–Trinajstić information content (AvgIpc) is 2.61. The third-order valence-corrected chi connectivity index (χ3v) is 5.15. The van der Waals surface area contributed by atoms with Crippen molar-refractivity contribution >= 4 is 5.97 Å². The van der Waals surface area contributed by atoms with E-state index in [-0.39, 0.29) is 18.6 Å². The smallest absolute Gasteiger partial charge is 0.303 e. The molecule has 0 rings (SSSR count). The highest BCUT2D eigenvalue weighted by Gasteiger charge is 2.09. The fourth-order valence-corrected chi connectivity index (χ4v) is 3.37. The van der Waals surface area contributed by atoms with E-state index < -0.39 is 5.97 Å². The first-order valence-electron chi connectivity index (χ1n) is 11.1. The van der Waals surface area contributed by atoms with Gasteiger partial charge < -0.3 is 15.3 Å². The van der Waals surface area contributed by atoms with Crippen LogP contribution in [0.2, 0.25) is 0 Å². The maximum atomic E-state index is 10.4. The molecule has 0 aliphatic rings. The highest BCUT2D eigenvalue weighted by atomic mass is 16.4. The number of carboxylic acids is 1. The minimum absolute atomic E-state index is 0.248. The molecule has 156 valence electrons. The van der Waals surface area contributed by atoms with E-state index in [0.29, 0.717) is 6.42 Å². The molecule has 0 aromatic heterocycles.